The maximum Gasteiger partial charge on any atom is 0.239 e. The first-order valence-corrected chi connectivity index (χ1v) is 4.91. The third-order valence-corrected chi connectivity index (χ3v) is 1.81. The molecule has 8 heteroatoms. The quantitative estimate of drug-likeness (QED) is 0.575. The van der Waals surface area contributed by atoms with Crippen molar-refractivity contribution in [1.29, 1.82) is 0 Å². The number of hydrogen-bond donors (Lipinski definition) is 3. The van der Waals surface area contributed by atoms with Gasteiger partial charge < -0.3 is 21.1 Å². The zero-order valence-corrected chi connectivity index (χ0v) is 9.36. The van der Waals surface area contributed by atoms with E-state index in [1.807, 2.05) is 0 Å². The van der Waals surface area contributed by atoms with Crippen molar-refractivity contribution in [1.82, 2.24) is 15.3 Å². The minimum absolute atomic E-state index is 0.0614. The van der Waals surface area contributed by atoms with Crippen LogP contribution < -0.4 is 16.4 Å². The molecule has 1 heterocycles. The van der Waals surface area contributed by atoms with E-state index in [4.69, 9.17) is 10.5 Å². The first-order chi connectivity index (χ1) is 8.13. The molecule has 0 bridgehead atoms. The number of hydrogen-bond acceptors (Lipinski definition) is 6. The number of nitrogens with zero attached hydrogens (tertiary/aromatic N) is 2. The number of nitrogen functional groups attached to an aromatic ring is 1. The van der Waals surface area contributed by atoms with Gasteiger partial charge in [-0.1, -0.05) is 0 Å². The summed E-state index contributed by atoms with van der Waals surface area (Å²) in [5.74, 6) is -1.12. The minimum Gasteiger partial charge on any atom is -0.383 e. The van der Waals surface area contributed by atoms with Crippen molar-refractivity contribution in [2.24, 2.45) is 0 Å². The summed E-state index contributed by atoms with van der Waals surface area (Å²) in [5.41, 5.74) is 5.29. The number of nitrogens with one attached hydrogen (secondary N) is 2. The minimum atomic E-state index is -0.663. The number of amides is 1. The van der Waals surface area contributed by atoms with Crippen molar-refractivity contribution in [3.05, 3.63) is 12.0 Å². The van der Waals surface area contributed by atoms with Crippen molar-refractivity contribution >= 4 is 17.7 Å². The summed E-state index contributed by atoms with van der Waals surface area (Å²) < 4.78 is 17.9. The zero-order chi connectivity index (χ0) is 12.7. The van der Waals surface area contributed by atoms with Crippen LogP contribution >= 0.6 is 0 Å². The van der Waals surface area contributed by atoms with Gasteiger partial charge in [0.15, 0.2) is 11.6 Å². The Kier molecular flexibility index (Phi) is 5.08. The van der Waals surface area contributed by atoms with Crippen molar-refractivity contribution < 1.29 is 13.9 Å². The molecule has 0 spiro atoms. The Morgan fingerprint density at radius 3 is 3.12 bits per heavy atom. The highest BCUT2D eigenvalue weighted by molar-refractivity contribution is 5.80. The summed E-state index contributed by atoms with van der Waals surface area (Å²) in [4.78, 5) is 18.3. The van der Waals surface area contributed by atoms with Crippen molar-refractivity contribution in [3.8, 4) is 0 Å². The van der Waals surface area contributed by atoms with E-state index in [0.29, 0.717) is 13.2 Å². The maximum absolute atomic E-state index is 13.1. The molecule has 0 aliphatic heterocycles. The highest BCUT2D eigenvalue weighted by atomic mass is 19.1. The number of carbonyl (C=O) groups is 1. The number of aromatic nitrogens is 2. The first-order valence-electron chi connectivity index (χ1n) is 4.91. The molecule has 0 atom stereocenters. The number of nitrogens with two attached hydrogens (primary N) is 1. The molecule has 1 aromatic rings. The van der Waals surface area contributed by atoms with Gasteiger partial charge in [-0.15, -0.1) is 0 Å². The molecule has 0 aromatic carbocycles. The highest BCUT2D eigenvalue weighted by Crippen LogP contribution is 2.09. The highest BCUT2D eigenvalue weighted by Gasteiger charge is 2.07. The Labute approximate surface area is 97.6 Å². The van der Waals surface area contributed by atoms with Gasteiger partial charge in [-0.05, 0) is 0 Å². The van der Waals surface area contributed by atoms with E-state index >= 15 is 0 Å². The number of rotatable bonds is 6. The summed E-state index contributed by atoms with van der Waals surface area (Å²) in [5, 5.41) is 5.09. The second-order valence-electron chi connectivity index (χ2n) is 3.12. The van der Waals surface area contributed by atoms with Crippen LogP contribution in [-0.2, 0) is 9.53 Å². The van der Waals surface area contributed by atoms with Crippen molar-refractivity contribution in [3.63, 3.8) is 0 Å². The van der Waals surface area contributed by atoms with Gasteiger partial charge in [-0.2, -0.15) is 4.98 Å². The van der Waals surface area contributed by atoms with Gasteiger partial charge in [-0.3, -0.25) is 4.79 Å². The zero-order valence-electron chi connectivity index (χ0n) is 9.36. The van der Waals surface area contributed by atoms with E-state index in [9.17, 15) is 9.18 Å². The van der Waals surface area contributed by atoms with E-state index in [1.165, 1.54) is 7.11 Å². The Bertz CT molecular complexity index is 388. The Morgan fingerprint density at radius 2 is 2.41 bits per heavy atom. The van der Waals surface area contributed by atoms with Gasteiger partial charge in [0.1, 0.15) is 0 Å². The van der Waals surface area contributed by atoms with Gasteiger partial charge in [-0.25, -0.2) is 9.37 Å². The van der Waals surface area contributed by atoms with Gasteiger partial charge in [0, 0.05) is 13.7 Å². The van der Waals surface area contributed by atoms with Crippen LogP contribution in [0.15, 0.2) is 6.20 Å². The predicted octanol–water partition coefficient (Wildman–Crippen LogP) is -0.628. The second kappa shape index (κ2) is 6.59. The van der Waals surface area contributed by atoms with Gasteiger partial charge >= 0.3 is 0 Å². The number of ether oxygens (including phenoxy) is 1. The molecule has 0 aliphatic rings. The van der Waals surface area contributed by atoms with Crippen LogP contribution in [0.4, 0.5) is 16.2 Å². The third-order valence-electron chi connectivity index (χ3n) is 1.81. The fraction of sp³-hybridized carbons (Fsp3) is 0.444. The van der Waals surface area contributed by atoms with Crippen LogP contribution in [0.2, 0.25) is 0 Å². The summed E-state index contributed by atoms with van der Waals surface area (Å²) in [7, 11) is 1.53. The molecule has 1 rings (SSSR count). The topological polar surface area (TPSA) is 102 Å². The lowest BCUT2D eigenvalue weighted by molar-refractivity contribution is -0.119. The molecule has 94 valence electrons. The normalized spacial score (nSPS) is 10.0. The lowest BCUT2D eigenvalue weighted by Gasteiger charge is -2.07. The SMILES string of the molecule is COCCNC(=O)CNc1nc(N)ncc1F. The molecule has 0 saturated carbocycles. The van der Waals surface area contributed by atoms with Gasteiger partial charge in [0.25, 0.3) is 0 Å². The Hall–Kier alpha value is -1.96. The number of halogens is 1. The second-order valence-corrected chi connectivity index (χ2v) is 3.12. The van der Waals surface area contributed by atoms with Crippen LogP contribution in [0.1, 0.15) is 0 Å². The van der Waals surface area contributed by atoms with Crippen molar-refractivity contribution in [2.75, 3.05) is 37.9 Å². The molecule has 17 heavy (non-hydrogen) atoms. The Balaban J connectivity index is 2.39. The van der Waals surface area contributed by atoms with E-state index in [0.717, 1.165) is 6.20 Å². The summed E-state index contributed by atoms with van der Waals surface area (Å²) in [6.07, 6.45) is 0.938. The number of methoxy groups -OCH3 is 1. The van der Waals surface area contributed by atoms with Crippen LogP contribution in [0.5, 0.6) is 0 Å². The maximum atomic E-state index is 13.1. The third kappa shape index (κ3) is 4.60. The van der Waals surface area contributed by atoms with Crippen LogP contribution in [0.25, 0.3) is 0 Å². The lowest BCUT2D eigenvalue weighted by atomic mass is 10.5. The molecular weight excluding hydrogens is 229 g/mol. The van der Waals surface area contributed by atoms with E-state index in [2.05, 4.69) is 20.6 Å². The van der Waals surface area contributed by atoms with Crippen LogP contribution in [0, 0.1) is 5.82 Å². The molecule has 0 fully saturated rings. The molecule has 1 amide bonds. The molecule has 0 saturated heterocycles. The number of carbonyl (C=O) groups excluding carboxylic acids is 1. The monoisotopic (exact) mass is 243 g/mol. The van der Waals surface area contributed by atoms with E-state index in [1.54, 1.807) is 0 Å². The molecule has 0 unspecified atom stereocenters. The molecule has 0 radical (unpaired) electrons. The lowest BCUT2D eigenvalue weighted by Crippen LogP contribution is -2.32. The summed E-state index contributed by atoms with van der Waals surface area (Å²) in [6.45, 7) is 0.711. The molecule has 4 N–H and O–H groups in total. The smallest absolute Gasteiger partial charge is 0.239 e. The number of anilines is 2. The molecule has 7 nitrogen and oxygen atoms in total. The van der Waals surface area contributed by atoms with E-state index in [-0.39, 0.29) is 24.2 Å². The fourth-order valence-corrected chi connectivity index (χ4v) is 1.02. The molecule has 1 aromatic heterocycles. The predicted molar refractivity (Wildman–Crippen MR) is 59.8 cm³/mol. The average molecular weight is 243 g/mol. The largest absolute Gasteiger partial charge is 0.383 e. The standard InChI is InChI=1S/C9H14FN5O2/c1-17-3-2-12-7(16)5-13-8-6(10)4-14-9(11)15-8/h4H,2-3,5H2,1H3,(H,12,16)(H3,11,13,14,15). The van der Waals surface area contributed by atoms with Crippen LogP contribution in [-0.4, -0.2) is 42.7 Å². The average Bonchev–Trinajstić information content (AvgIpc) is 2.31. The molecular formula is C9H14FN5O2. The van der Waals surface area contributed by atoms with Gasteiger partial charge in [0.05, 0.1) is 19.3 Å². The summed E-state index contributed by atoms with van der Waals surface area (Å²) in [6, 6.07) is 0. The van der Waals surface area contributed by atoms with Crippen molar-refractivity contribution in [2.45, 2.75) is 0 Å². The van der Waals surface area contributed by atoms with Crippen LogP contribution in [0.3, 0.4) is 0 Å². The van der Waals surface area contributed by atoms with Gasteiger partial charge in [0.2, 0.25) is 11.9 Å². The Morgan fingerprint density at radius 1 is 1.65 bits per heavy atom. The first kappa shape index (κ1) is 13.1. The molecule has 0 aliphatic carbocycles. The fourth-order valence-electron chi connectivity index (χ4n) is 1.02. The summed E-state index contributed by atoms with van der Waals surface area (Å²) >= 11 is 0. The van der Waals surface area contributed by atoms with E-state index < -0.39 is 5.82 Å².